The minimum Gasteiger partial charge on any atom is -0.396 e. The standard InChI is InChI=1S/C21H25N5O3/c1-12-7-8-16(11-13(12)2)25-14(3)15(4)26-17-18(22-20(25)26)23(5)21(29)24(19(17)28)9-6-10-27/h7-8,11,27H,6,9-10H2,1-5H3. The Labute approximate surface area is 167 Å². The van der Waals surface area contributed by atoms with E-state index in [-0.39, 0.29) is 18.7 Å². The fraction of sp³-hybridized carbons (Fsp3) is 0.381. The summed E-state index contributed by atoms with van der Waals surface area (Å²) in [4.78, 5) is 30.6. The van der Waals surface area contributed by atoms with Gasteiger partial charge in [0.2, 0.25) is 5.78 Å². The van der Waals surface area contributed by atoms with Crippen LogP contribution in [0.2, 0.25) is 0 Å². The molecular formula is C21H25N5O3. The first-order valence-electron chi connectivity index (χ1n) is 9.66. The largest absolute Gasteiger partial charge is 0.396 e. The molecule has 3 aromatic heterocycles. The van der Waals surface area contributed by atoms with Crippen molar-refractivity contribution in [2.45, 2.75) is 40.7 Å². The number of aliphatic hydroxyl groups is 1. The van der Waals surface area contributed by atoms with Crippen LogP contribution < -0.4 is 11.2 Å². The SMILES string of the molecule is Cc1ccc(-n2c(C)c(C)n3c4c(=O)n(CCCO)c(=O)n(C)c4nc23)cc1C. The van der Waals surface area contributed by atoms with Gasteiger partial charge in [-0.1, -0.05) is 6.07 Å². The highest BCUT2D eigenvalue weighted by atomic mass is 16.3. The van der Waals surface area contributed by atoms with E-state index in [1.165, 1.54) is 20.3 Å². The van der Waals surface area contributed by atoms with Gasteiger partial charge in [-0.25, -0.2) is 4.79 Å². The molecule has 0 aliphatic rings. The maximum absolute atomic E-state index is 13.2. The fourth-order valence-corrected chi connectivity index (χ4v) is 3.85. The summed E-state index contributed by atoms with van der Waals surface area (Å²) in [5, 5.41) is 9.13. The molecule has 0 aliphatic heterocycles. The summed E-state index contributed by atoms with van der Waals surface area (Å²) in [6, 6.07) is 6.20. The quantitative estimate of drug-likeness (QED) is 0.570. The van der Waals surface area contributed by atoms with Crippen molar-refractivity contribution in [1.82, 2.24) is 23.1 Å². The minimum atomic E-state index is -0.427. The molecule has 0 atom stereocenters. The molecule has 0 unspecified atom stereocenters. The monoisotopic (exact) mass is 395 g/mol. The number of aromatic nitrogens is 5. The lowest BCUT2D eigenvalue weighted by Crippen LogP contribution is -2.39. The van der Waals surface area contributed by atoms with Gasteiger partial charge >= 0.3 is 5.69 Å². The summed E-state index contributed by atoms with van der Waals surface area (Å²) in [7, 11) is 1.62. The van der Waals surface area contributed by atoms with Gasteiger partial charge < -0.3 is 5.11 Å². The van der Waals surface area contributed by atoms with E-state index in [0.29, 0.717) is 23.4 Å². The molecule has 4 rings (SSSR count). The maximum atomic E-state index is 13.2. The van der Waals surface area contributed by atoms with E-state index < -0.39 is 5.69 Å². The molecule has 1 aromatic carbocycles. The highest BCUT2D eigenvalue weighted by molar-refractivity contribution is 5.77. The normalized spacial score (nSPS) is 11.8. The summed E-state index contributed by atoms with van der Waals surface area (Å²) < 4.78 is 6.43. The summed E-state index contributed by atoms with van der Waals surface area (Å²) in [6.45, 7) is 8.16. The molecular weight excluding hydrogens is 370 g/mol. The summed E-state index contributed by atoms with van der Waals surface area (Å²) >= 11 is 0. The maximum Gasteiger partial charge on any atom is 0.332 e. The van der Waals surface area contributed by atoms with Crippen molar-refractivity contribution in [2.24, 2.45) is 7.05 Å². The Kier molecular flexibility index (Phi) is 4.46. The topological polar surface area (TPSA) is 86.5 Å². The van der Waals surface area contributed by atoms with Crippen molar-refractivity contribution in [2.75, 3.05) is 6.61 Å². The predicted octanol–water partition coefficient (Wildman–Crippen LogP) is 1.75. The number of benzene rings is 1. The van der Waals surface area contributed by atoms with Gasteiger partial charge in [-0.3, -0.25) is 22.9 Å². The van der Waals surface area contributed by atoms with Crippen LogP contribution in [0.25, 0.3) is 22.6 Å². The highest BCUT2D eigenvalue weighted by Crippen LogP contribution is 2.25. The van der Waals surface area contributed by atoms with Crippen LogP contribution in [0.15, 0.2) is 27.8 Å². The van der Waals surface area contributed by atoms with Gasteiger partial charge in [0.15, 0.2) is 11.2 Å². The van der Waals surface area contributed by atoms with Crippen LogP contribution >= 0.6 is 0 Å². The van der Waals surface area contributed by atoms with Crippen molar-refractivity contribution in [3.05, 3.63) is 61.6 Å². The number of rotatable bonds is 4. The van der Waals surface area contributed by atoms with E-state index >= 15 is 0 Å². The number of aryl methyl sites for hydroxylation is 4. The Bertz CT molecular complexity index is 1380. The molecule has 0 radical (unpaired) electrons. The molecule has 4 aromatic rings. The highest BCUT2D eigenvalue weighted by Gasteiger charge is 2.23. The van der Waals surface area contributed by atoms with Gasteiger partial charge in [0.1, 0.15) is 0 Å². The molecule has 0 bridgehead atoms. The number of hydrogen-bond acceptors (Lipinski definition) is 4. The third-order valence-electron chi connectivity index (χ3n) is 5.81. The van der Waals surface area contributed by atoms with E-state index in [1.807, 2.05) is 28.9 Å². The zero-order valence-corrected chi connectivity index (χ0v) is 17.4. The zero-order chi connectivity index (χ0) is 21.0. The minimum absolute atomic E-state index is 0.0866. The second-order valence-corrected chi connectivity index (χ2v) is 7.57. The van der Waals surface area contributed by atoms with Crippen molar-refractivity contribution in [3.63, 3.8) is 0 Å². The van der Waals surface area contributed by atoms with E-state index in [2.05, 4.69) is 26.0 Å². The number of aliphatic hydroxyl groups excluding tert-OH is 1. The Morgan fingerprint density at radius 1 is 1.03 bits per heavy atom. The Balaban J connectivity index is 2.13. The molecule has 0 amide bonds. The van der Waals surface area contributed by atoms with E-state index in [0.717, 1.165) is 17.1 Å². The Morgan fingerprint density at radius 2 is 1.76 bits per heavy atom. The lowest BCUT2D eigenvalue weighted by molar-refractivity contribution is 0.277. The van der Waals surface area contributed by atoms with Gasteiger partial charge in [-0.05, 0) is 57.4 Å². The number of nitrogens with zero attached hydrogens (tertiary/aromatic N) is 5. The third kappa shape index (κ3) is 2.66. The van der Waals surface area contributed by atoms with E-state index in [9.17, 15) is 9.59 Å². The van der Waals surface area contributed by atoms with Gasteiger partial charge in [-0.15, -0.1) is 0 Å². The van der Waals surface area contributed by atoms with E-state index in [1.54, 1.807) is 7.05 Å². The van der Waals surface area contributed by atoms with Crippen LogP contribution in [0.4, 0.5) is 0 Å². The second-order valence-electron chi connectivity index (χ2n) is 7.57. The molecule has 0 spiro atoms. The van der Waals surface area contributed by atoms with Gasteiger partial charge in [0.05, 0.1) is 0 Å². The van der Waals surface area contributed by atoms with Crippen LogP contribution in [0.3, 0.4) is 0 Å². The smallest absolute Gasteiger partial charge is 0.332 e. The molecule has 29 heavy (non-hydrogen) atoms. The summed E-state index contributed by atoms with van der Waals surface area (Å²) in [5.41, 5.74) is 5.13. The van der Waals surface area contributed by atoms with Crippen LogP contribution in [-0.2, 0) is 13.6 Å². The van der Waals surface area contributed by atoms with Crippen LogP contribution in [0, 0.1) is 27.7 Å². The third-order valence-corrected chi connectivity index (χ3v) is 5.81. The molecule has 0 saturated heterocycles. The molecule has 3 heterocycles. The van der Waals surface area contributed by atoms with Crippen LogP contribution in [-0.4, -0.2) is 34.8 Å². The van der Waals surface area contributed by atoms with Crippen LogP contribution in [0.5, 0.6) is 0 Å². The van der Waals surface area contributed by atoms with Gasteiger partial charge in [0, 0.05) is 37.3 Å². The lowest BCUT2D eigenvalue weighted by Gasteiger charge is -2.09. The molecule has 8 heteroatoms. The van der Waals surface area contributed by atoms with Gasteiger partial charge in [0.25, 0.3) is 5.56 Å². The molecule has 0 fully saturated rings. The first-order chi connectivity index (χ1) is 13.8. The van der Waals surface area contributed by atoms with Crippen molar-refractivity contribution < 1.29 is 5.11 Å². The molecule has 0 aliphatic carbocycles. The van der Waals surface area contributed by atoms with Gasteiger partial charge in [-0.2, -0.15) is 4.98 Å². The second kappa shape index (κ2) is 6.73. The molecule has 1 N–H and O–H groups in total. The fourth-order valence-electron chi connectivity index (χ4n) is 3.85. The van der Waals surface area contributed by atoms with Crippen molar-refractivity contribution in [3.8, 4) is 5.69 Å². The first kappa shape index (κ1) is 19.2. The molecule has 0 saturated carbocycles. The summed E-state index contributed by atoms with van der Waals surface area (Å²) in [6.07, 6.45) is 0.338. The Morgan fingerprint density at radius 3 is 2.41 bits per heavy atom. The number of imidazole rings is 2. The van der Waals surface area contributed by atoms with Crippen molar-refractivity contribution in [1.29, 1.82) is 0 Å². The number of hydrogen-bond donors (Lipinski definition) is 1. The zero-order valence-electron chi connectivity index (χ0n) is 17.4. The first-order valence-corrected chi connectivity index (χ1v) is 9.66. The average molecular weight is 395 g/mol. The lowest BCUT2D eigenvalue weighted by atomic mass is 10.1. The van der Waals surface area contributed by atoms with Crippen LogP contribution in [0.1, 0.15) is 28.9 Å². The predicted molar refractivity (Wildman–Crippen MR) is 112 cm³/mol. The number of fused-ring (bicyclic) bond motifs is 3. The average Bonchev–Trinajstić information content (AvgIpc) is 3.18. The van der Waals surface area contributed by atoms with E-state index in [4.69, 9.17) is 10.1 Å². The van der Waals surface area contributed by atoms with Crippen molar-refractivity contribution >= 4 is 16.9 Å². The molecule has 152 valence electrons. The summed E-state index contributed by atoms with van der Waals surface area (Å²) in [5.74, 6) is 0.602. The molecule has 8 nitrogen and oxygen atoms in total. The Hall–Kier alpha value is -3.13.